The molecule has 1 heterocycles. The molecule has 5 heteroatoms. The van der Waals surface area contributed by atoms with Crippen LogP contribution in [-0.4, -0.2) is 32.0 Å². The molecular formula is C7H13NO3Y-2. The molecule has 4 nitrogen and oxygen atoms in total. The van der Waals surface area contributed by atoms with Crippen molar-refractivity contribution >= 4 is 6.09 Å². The molecule has 1 radical (unpaired) electrons. The molecule has 69 valence electrons. The number of cyclic esters (lactones) is 1. The first-order chi connectivity index (χ1) is 4.83. The van der Waals surface area contributed by atoms with Gasteiger partial charge in [0.25, 0.3) is 0 Å². The van der Waals surface area contributed by atoms with Gasteiger partial charge < -0.3 is 22.2 Å². The first-order valence-corrected chi connectivity index (χ1v) is 3.28. The molecule has 1 rings (SSSR count). The molecular weight excluding hydrogens is 235 g/mol. The fourth-order valence-corrected chi connectivity index (χ4v) is 0.729. The Kier molecular flexibility index (Phi) is 9.84. The van der Waals surface area contributed by atoms with E-state index in [-0.39, 0.29) is 46.2 Å². The minimum absolute atomic E-state index is 0. The molecule has 0 aromatic heterocycles. The van der Waals surface area contributed by atoms with E-state index in [1.54, 1.807) is 0 Å². The van der Waals surface area contributed by atoms with Crippen LogP contribution >= 0.6 is 0 Å². The van der Waals surface area contributed by atoms with Crippen molar-refractivity contribution in [1.82, 2.24) is 0 Å². The Balaban J connectivity index is 0. The summed E-state index contributed by atoms with van der Waals surface area (Å²) in [5.74, 6) is 0. The van der Waals surface area contributed by atoms with Gasteiger partial charge in [0.2, 0.25) is 6.09 Å². The second kappa shape index (κ2) is 7.96. The van der Waals surface area contributed by atoms with Crippen molar-refractivity contribution in [2.75, 3.05) is 19.8 Å². The summed E-state index contributed by atoms with van der Waals surface area (Å²) in [6.07, 6.45) is -0.614. The summed E-state index contributed by atoms with van der Waals surface area (Å²) < 4.78 is 9.76. The molecule has 1 aliphatic rings. The van der Waals surface area contributed by atoms with Crippen molar-refractivity contribution < 1.29 is 47.0 Å². The first kappa shape index (κ1) is 14.8. The van der Waals surface area contributed by atoms with Gasteiger partial charge in [-0.3, -0.25) is 4.79 Å². The molecule has 12 heavy (non-hydrogen) atoms. The monoisotopic (exact) mass is 248 g/mol. The molecule has 0 spiro atoms. The summed E-state index contributed by atoms with van der Waals surface area (Å²) in [4.78, 5) is 10.4. The van der Waals surface area contributed by atoms with Crippen LogP contribution < -0.4 is 0 Å². The van der Waals surface area contributed by atoms with E-state index in [9.17, 15) is 4.79 Å². The predicted octanol–water partition coefficient (Wildman–Crippen LogP) is 1.36. The number of rotatable bonds is 3. The fraction of sp³-hybridized carbons (Fsp3) is 0.714. The molecule has 0 bridgehead atoms. The average Bonchev–Trinajstić information content (AvgIpc) is 2.31. The van der Waals surface area contributed by atoms with E-state index in [2.05, 4.69) is 5.32 Å². The van der Waals surface area contributed by atoms with E-state index in [1.165, 1.54) is 0 Å². The quantitative estimate of drug-likeness (QED) is 0.708. The van der Waals surface area contributed by atoms with Crippen molar-refractivity contribution in [1.29, 1.82) is 0 Å². The first-order valence-electron chi connectivity index (χ1n) is 3.28. The van der Waals surface area contributed by atoms with Gasteiger partial charge in [-0.25, -0.2) is 0 Å². The summed E-state index contributed by atoms with van der Waals surface area (Å²) >= 11 is 0. The summed E-state index contributed by atoms with van der Waals surface area (Å²) in [5, 5.41) is 3.53. The van der Waals surface area contributed by atoms with Crippen LogP contribution in [-0.2, 0) is 42.2 Å². The molecule has 0 aromatic rings. The summed E-state index contributed by atoms with van der Waals surface area (Å²) in [6.45, 7) is 3.45. The van der Waals surface area contributed by atoms with Crippen LogP contribution in [0.2, 0.25) is 0 Å². The van der Waals surface area contributed by atoms with Gasteiger partial charge in [0, 0.05) is 39.3 Å². The second-order valence-electron chi connectivity index (χ2n) is 2.01. The van der Waals surface area contributed by atoms with Gasteiger partial charge in [-0.15, -0.1) is 0 Å². The minimum Gasteiger partial charge on any atom is -0.614 e. The van der Waals surface area contributed by atoms with Gasteiger partial charge in [0.05, 0.1) is 6.61 Å². The van der Waals surface area contributed by atoms with Crippen LogP contribution in [0.1, 0.15) is 6.92 Å². The molecule has 0 saturated carbocycles. The Bertz CT molecular complexity index is 132. The summed E-state index contributed by atoms with van der Waals surface area (Å²) in [7, 11) is 0. The number of carbonyl (C=O) groups excluding carboxylic acids is 1. The van der Waals surface area contributed by atoms with E-state index in [0.29, 0.717) is 19.8 Å². The van der Waals surface area contributed by atoms with Gasteiger partial charge in [0.15, 0.2) is 0 Å². The number of ether oxygens (including phenoxy) is 2. The van der Waals surface area contributed by atoms with Gasteiger partial charge in [0.1, 0.15) is 6.10 Å². The smallest absolute Gasteiger partial charge is 0.229 e. The summed E-state index contributed by atoms with van der Waals surface area (Å²) in [5.41, 5.74) is 0. The zero-order valence-electron chi connectivity index (χ0n) is 7.45. The van der Waals surface area contributed by atoms with E-state index in [0.717, 1.165) is 0 Å². The van der Waals surface area contributed by atoms with Crippen molar-refractivity contribution in [3.63, 3.8) is 0 Å². The van der Waals surface area contributed by atoms with E-state index in [4.69, 9.17) is 9.47 Å². The number of hydrogen-bond acceptors (Lipinski definition) is 3. The molecule has 1 saturated heterocycles. The Labute approximate surface area is 98.3 Å². The minimum atomic E-state index is -0.468. The van der Waals surface area contributed by atoms with Gasteiger partial charge in [-0.1, -0.05) is 6.54 Å². The summed E-state index contributed by atoms with van der Waals surface area (Å²) in [6, 6.07) is 0. The molecule has 0 aromatic carbocycles. The molecule has 1 aliphatic heterocycles. The van der Waals surface area contributed by atoms with E-state index >= 15 is 0 Å². The molecule has 0 N–H and O–H groups in total. The standard InChI is InChI=1S/C6H11NO3.CH3.Y/c1-2-9-4-5-3-7-6(8)10-5;;/h5H,2-4H2,1H3,(H,7,8);1H3;/q;-1;/p-1. The number of hydrogen-bond donors (Lipinski definition) is 0. The maximum atomic E-state index is 10.4. The van der Waals surface area contributed by atoms with Crippen LogP contribution in [0.25, 0.3) is 5.32 Å². The van der Waals surface area contributed by atoms with Crippen LogP contribution in [0.5, 0.6) is 0 Å². The van der Waals surface area contributed by atoms with Crippen LogP contribution in [0, 0.1) is 7.43 Å². The molecule has 1 unspecified atom stereocenters. The Hall–Kier alpha value is 0.334. The Morgan fingerprint density at radius 3 is 2.83 bits per heavy atom. The molecule has 1 amide bonds. The van der Waals surface area contributed by atoms with Crippen LogP contribution in [0.15, 0.2) is 0 Å². The van der Waals surface area contributed by atoms with Gasteiger partial charge in [-0.2, -0.15) is 0 Å². The van der Waals surface area contributed by atoms with Crippen LogP contribution in [0.4, 0.5) is 4.79 Å². The third kappa shape index (κ3) is 5.06. The maximum Gasteiger partial charge on any atom is 0.229 e. The maximum absolute atomic E-state index is 10.4. The van der Waals surface area contributed by atoms with Crippen molar-refractivity contribution in [3.8, 4) is 0 Å². The van der Waals surface area contributed by atoms with Crippen molar-refractivity contribution in [2.45, 2.75) is 13.0 Å². The largest absolute Gasteiger partial charge is 0.614 e. The predicted molar refractivity (Wildman–Crippen MR) is 41.4 cm³/mol. The van der Waals surface area contributed by atoms with Gasteiger partial charge >= 0.3 is 0 Å². The average molecular weight is 248 g/mol. The normalized spacial score (nSPS) is 20.1. The van der Waals surface area contributed by atoms with Crippen LogP contribution in [0.3, 0.4) is 0 Å². The van der Waals surface area contributed by atoms with Crippen molar-refractivity contribution in [3.05, 3.63) is 12.7 Å². The fourth-order valence-electron chi connectivity index (χ4n) is 0.729. The second-order valence-corrected chi connectivity index (χ2v) is 2.01. The zero-order valence-corrected chi connectivity index (χ0v) is 10.3. The SMILES string of the molecule is CCOCC1C[N-]C(=O)O1.[CH3-].[Y]. The third-order valence-electron chi connectivity index (χ3n) is 1.20. The topological polar surface area (TPSA) is 49.6 Å². The number of nitrogens with zero attached hydrogens (tertiary/aromatic N) is 1. The Morgan fingerprint density at radius 2 is 2.42 bits per heavy atom. The van der Waals surface area contributed by atoms with E-state index < -0.39 is 6.09 Å². The zero-order chi connectivity index (χ0) is 7.40. The number of carbonyl (C=O) groups is 1. The third-order valence-corrected chi connectivity index (χ3v) is 1.20. The van der Waals surface area contributed by atoms with Crippen molar-refractivity contribution in [2.24, 2.45) is 0 Å². The van der Waals surface area contributed by atoms with E-state index in [1.807, 2.05) is 6.92 Å². The number of amides is 1. The van der Waals surface area contributed by atoms with Gasteiger partial charge in [-0.05, 0) is 6.92 Å². The Morgan fingerprint density at radius 1 is 1.75 bits per heavy atom. The molecule has 1 atom stereocenters. The molecule has 0 aliphatic carbocycles. The molecule has 1 fully saturated rings.